The number of benzene rings is 3. The summed E-state index contributed by atoms with van der Waals surface area (Å²) in [5.41, 5.74) is 0.605. The van der Waals surface area contributed by atoms with Crippen molar-refractivity contribution in [3.05, 3.63) is 60.7 Å². The molecular formula is C25H28ClN3O3S. The Morgan fingerprint density at radius 3 is 2.58 bits per heavy atom. The van der Waals surface area contributed by atoms with Crippen LogP contribution in [0.3, 0.4) is 0 Å². The second-order valence-electron chi connectivity index (χ2n) is 8.37. The van der Waals surface area contributed by atoms with E-state index in [9.17, 15) is 8.42 Å². The number of aromatic amines is 1. The number of likely N-dealkylation sites (tertiary alicyclic amines) is 1. The summed E-state index contributed by atoms with van der Waals surface area (Å²) in [4.78, 5) is 2.74. The van der Waals surface area contributed by atoms with Gasteiger partial charge in [-0.1, -0.05) is 43.3 Å². The number of rotatable bonds is 6. The van der Waals surface area contributed by atoms with Gasteiger partial charge in [-0.3, -0.25) is 5.10 Å². The third-order valence-electron chi connectivity index (χ3n) is 6.18. The van der Waals surface area contributed by atoms with E-state index >= 15 is 0 Å². The van der Waals surface area contributed by atoms with Gasteiger partial charge < -0.3 is 9.64 Å². The molecule has 1 aliphatic rings. The van der Waals surface area contributed by atoms with E-state index in [2.05, 4.69) is 22.0 Å². The molecule has 2 heterocycles. The Balaban J connectivity index is 0.00000259. The van der Waals surface area contributed by atoms with Crippen molar-refractivity contribution in [3.63, 3.8) is 0 Å². The Hall–Kier alpha value is -2.61. The number of piperidine rings is 1. The van der Waals surface area contributed by atoms with Gasteiger partial charge in [0.1, 0.15) is 11.9 Å². The first-order valence-corrected chi connectivity index (χ1v) is 12.6. The summed E-state index contributed by atoms with van der Waals surface area (Å²) in [5, 5.41) is 9.25. The fourth-order valence-corrected chi connectivity index (χ4v) is 6.12. The first-order valence-electron chi connectivity index (χ1n) is 11.2. The van der Waals surface area contributed by atoms with Crippen molar-refractivity contribution in [1.82, 2.24) is 15.1 Å². The molecule has 5 rings (SSSR count). The molecule has 1 aliphatic heterocycles. The summed E-state index contributed by atoms with van der Waals surface area (Å²) in [7, 11) is -3.79. The highest BCUT2D eigenvalue weighted by Gasteiger charge is 2.26. The molecule has 1 fully saturated rings. The fourth-order valence-electron chi connectivity index (χ4n) is 4.54. The molecule has 0 amide bonds. The lowest BCUT2D eigenvalue weighted by Crippen LogP contribution is -2.38. The highest BCUT2D eigenvalue weighted by molar-refractivity contribution is 7.91. The van der Waals surface area contributed by atoms with Crippen molar-refractivity contribution in [1.29, 1.82) is 0 Å². The van der Waals surface area contributed by atoms with E-state index in [-0.39, 0.29) is 28.4 Å². The van der Waals surface area contributed by atoms with Crippen LogP contribution in [0.2, 0.25) is 0 Å². The van der Waals surface area contributed by atoms with Gasteiger partial charge in [0.25, 0.3) is 0 Å². The molecular weight excluding hydrogens is 458 g/mol. The molecule has 174 valence electrons. The maximum atomic E-state index is 13.6. The number of nitrogens with zero attached hydrogens (tertiary/aromatic N) is 2. The Labute approximate surface area is 200 Å². The highest BCUT2D eigenvalue weighted by Crippen LogP contribution is 2.33. The molecule has 1 aromatic heterocycles. The number of aromatic nitrogens is 2. The number of ether oxygens (including phenoxy) is 1. The Bertz CT molecular complexity index is 1360. The standard InChI is InChI=1S/C25H27N3O3S.ClH/c1-2-14-28-15-12-19(13-16-28)31-20-10-11-23-22(17-20)25(27-26-23)32(29,30)24-9-5-7-18-6-3-4-8-21(18)24;/h3-11,17,19H,2,12-16H2,1H3,(H,26,27);1H. The minimum Gasteiger partial charge on any atom is -0.490 e. The van der Waals surface area contributed by atoms with Crippen LogP contribution in [0.25, 0.3) is 21.7 Å². The van der Waals surface area contributed by atoms with Crippen molar-refractivity contribution in [2.75, 3.05) is 19.6 Å². The highest BCUT2D eigenvalue weighted by atomic mass is 35.5. The maximum absolute atomic E-state index is 13.6. The molecule has 0 aliphatic carbocycles. The molecule has 33 heavy (non-hydrogen) atoms. The van der Waals surface area contributed by atoms with Gasteiger partial charge in [0, 0.05) is 23.9 Å². The minimum absolute atomic E-state index is 0. The van der Waals surface area contributed by atoms with E-state index < -0.39 is 9.84 Å². The van der Waals surface area contributed by atoms with Crippen LogP contribution in [0.15, 0.2) is 70.6 Å². The average Bonchev–Trinajstić information content (AvgIpc) is 3.24. The summed E-state index contributed by atoms with van der Waals surface area (Å²) < 4.78 is 33.4. The first-order chi connectivity index (χ1) is 15.6. The topological polar surface area (TPSA) is 75.3 Å². The van der Waals surface area contributed by atoms with Crippen LogP contribution in [0, 0.1) is 0 Å². The van der Waals surface area contributed by atoms with Gasteiger partial charge in [-0.25, -0.2) is 8.42 Å². The molecule has 0 bridgehead atoms. The van der Waals surface area contributed by atoms with Crippen LogP contribution in [-0.4, -0.2) is 49.3 Å². The van der Waals surface area contributed by atoms with Crippen molar-refractivity contribution in [2.24, 2.45) is 0 Å². The summed E-state index contributed by atoms with van der Waals surface area (Å²) in [6.07, 6.45) is 3.26. The van der Waals surface area contributed by atoms with Gasteiger partial charge in [0.05, 0.1) is 10.4 Å². The molecule has 1 N–H and O–H groups in total. The largest absolute Gasteiger partial charge is 0.490 e. The predicted octanol–water partition coefficient (Wildman–Crippen LogP) is 5.22. The van der Waals surface area contributed by atoms with Crippen LogP contribution < -0.4 is 4.74 Å². The van der Waals surface area contributed by atoms with Crippen LogP contribution in [0.4, 0.5) is 0 Å². The third-order valence-corrected chi connectivity index (χ3v) is 7.96. The number of nitrogens with one attached hydrogen (secondary N) is 1. The molecule has 0 saturated carbocycles. The van der Waals surface area contributed by atoms with Crippen molar-refractivity contribution in [3.8, 4) is 5.75 Å². The maximum Gasteiger partial charge on any atom is 0.224 e. The van der Waals surface area contributed by atoms with E-state index in [1.165, 1.54) is 0 Å². The molecule has 3 aromatic carbocycles. The Morgan fingerprint density at radius 2 is 1.79 bits per heavy atom. The number of hydrogen-bond acceptors (Lipinski definition) is 5. The summed E-state index contributed by atoms with van der Waals surface area (Å²) >= 11 is 0. The van der Waals surface area contributed by atoms with Crippen molar-refractivity contribution < 1.29 is 13.2 Å². The zero-order valence-electron chi connectivity index (χ0n) is 18.5. The van der Waals surface area contributed by atoms with Gasteiger partial charge in [-0.15, -0.1) is 12.4 Å². The second-order valence-corrected chi connectivity index (χ2v) is 10.2. The molecule has 6 nitrogen and oxygen atoms in total. The van der Waals surface area contributed by atoms with Gasteiger partial charge in [0.15, 0.2) is 5.03 Å². The van der Waals surface area contributed by atoms with Crippen molar-refractivity contribution >= 4 is 43.9 Å². The fraction of sp³-hybridized carbons (Fsp3) is 0.320. The Kier molecular flexibility index (Phi) is 6.93. The summed E-state index contributed by atoms with van der Waals surface area (Å²) in [6.45, 7) is 5.40. The normalized spacial score (nSPS) is 15.5. The van der Waals surface area contributed by atoms with Crippen LogP contribution >= 0.6 is 12.4 Å². The number of hydrogen-bond donors (Lipinski definition) is 1. The summed E-state index contributed by atoms with van der Waals surface area (Å²) in [5.74, 6) is 0.683. The SMILES string of the molecule is CCCN1CCC(Oc2ccc3n[nH]c(S(=O)(=O)c4cccc5ccccc45)c3c2)CC1.Cl. The van der Waals surface area contributed by atoms with Gasteiger partial charge in [-0.05, 0) is 55.5 Å². The summed E-state index contributed by atoms with van der Waals surface area (Å²) in [6, 6.07) is 18.3. The van der Waals surface area contributed by atoms with Crippen LogP contribution in [-0.2, 0) is 9.84 Å². The molecule has 1 saturated heterocycles. The van der Waals surface area contributed by atoms with Crippen LogP contribution in [0.5, 0.6) is 5.75 Å². The van der Waals surface area contributed by atoms with Crippen molar-refractivity contribution in [2.45, 2.75) is 42.2 Å². The van der Waals surface area contributed by atoms with E-state index in [1.54, 1.807) is 18.2 Å². The number of sulfone groups is 1. The number of halogens is 1. The minimum atomic E-state index is -3.79. The lowest BCUT2D eigenvalue weighted by atomic mass is 10.1. The van der Waals surface area contributed by atoms with Gasteiger partial charge in [-0.2, -0.15) is 5.10 Å². The van der Waals surface area contributed by atoms with Gasteiger partial charge in [0.2, 0.25) is 9.84 Å². The Morgan fingerprint density at radius 1 is 1.03 bits per heavy atom. The predicted molar refractivity (Wildman–Crippen MR) is 133 cm³/mol. The lowest BCUT2D eigenvalue weighted by Gasteiger charge is -2.31. The second kappa shape index (κ2) is 9.71. The lowest BCUT2D eigenvalue weighted by molar-refractivity contribution is 0.101. The molecule has 4 aromatic rings. The molecule has 0 unspecified atom stereocenters. The first kappa shape index (κ1) is 23.5. The molecule has 8 heteroatoms. The quantitative estimate of drug-likeness (QED) is 0.405. The van der Waals surface area contributed by atoms with E-state index in [1.807, 2.05) is 42.5 Å². The zero-order chi connectivity index (χ0) is 22.1. The van der Waals surface area contributed by atoms with E-state index in [0.717, 1.165) is 44.3 Å². The monoisotopic (exact) mass is 485 g/mol. The number of H-pyrrole nitrogens is 1. The smallest absolute Gasteiger partial charge is 0.224 e. The number of fused-ring (bicyclic) bond motifs is 2. The zero-order valence-corrected chi connectivity index (χ0v) is 20.2. The average molecular weight is 486 g/mol. The van der Waals surface area contributed by atoms with Crippen LogP contribution in [0.1, 0.15) is 26.2 Å². The molecule has 0 radical (unpaired) electrons. The van der Waals surface area contributed by atoms with E-state index in [4.69, 9.17) is 4.74 Å². The van der Waals surface area contributed by atoms with Gasteiger partial charge >= 0.3 is 0 Å². The van der Waals surface area contributed by atoms with E-state index in [0.29, 0.717) is 22.0 Å². The molecule has 0 atom stereocenters. The molecule has 0 spiro atoms. The third kappa shape index (κ3) is 4.58.